The maximum atomic E-state index is 13.6. The number of fused-ring (bicyclic) bond motifs is 6. The van der Waals surface area contributed by atoms with E-state index in [0.29, 0.717) is 20.6 Å². The molecule has 0 saturated carbocycles. The first kappa shape index (κ1) is 19.7. The van der Waals surface area contributed by atoms with Crippen LogP contribution in [0.5, 0.6) is 5.75 Å². The molecule has 3 aromatic rings. The van der Waals surface area contributed by atoms with Crippen molar-refractivity contribution in [2.45, 2.75) is 25.6 Å². The van der Waals surface area contributed by atoms with Gasteiger partial charge in [0.25, 0.3) is 5.56 Å². The highest BCUT2D eigenvalue weighted by Crippen LogP contribution is 2.47. The van der Waals surface area contributed by atoms with E-state index in [1.165, 1.54) is 23.5 Å². The molecule has 0 aliphatic carbocycles. The Hall–Kier alpha value is -3.26. The van der Waals surface area contributed by atoms with Crippen LogP contribution in [0, 0.1) is 11.7 Å². The predicted octanol–water partition coefficient (Wildman–Crippen LogP) is 2.39. The van der Waals surface area contributed by atoms with Gasteiger partial charge in [-0.25, -0.2) is 9.38 Å². The van der Waals surface area contributed by atoms with E-state index in [4.69, 9.17) is 9.47 Å². The van der Waals surface area contributed by atoms with Crippen molar-refractivity contribution in [2.75, 3.05) is 6.61 Å². The summed E-state index contributed by atoms with van der Waals surface area (Å²) < 4.78 is 27.1. The van der Waals surface area contributed by atoms with E-state index in [9.17, 15) is 14.0 Å². The number of esters is 1. The van der Waals surface area contributed by atoms with Gasteiger partial charge in [0, 0.05) is 5.56 Å². The number of hydrogen-bond acceptors (Lipinski definition) is 6. The molecule has 5 rings (SSSR count). The molecule has 2 bridgehead atoms. The summed E-state index contributed by atoms with van der Waals surface area (Å²) in [5, 5.41) is 0. The van der Waals surface area contributed by atoms with Crippen molar-refractivity contribution in [1.82, 2.24) is 4.57 Å². The van der Waals surface area contributed by atoms with Crippen LogP contribution in [0.3, 0.4) is 0 Å². The topological polar surface area (TPSA) is 69.9 Å². The molecular formula is C23H19FN2O4S. The van der Waals surface area contributed by atoms with Crippen molar-refractivity contribution in [3.63, 3.8) is 0 Å². The lowest BCUT2D eigenvalue weighted by molar-refractivity contribution is -0.160. The summed E-state index contributed by atoms with van der Waals surface area (Å²) >= 11 is 1.19. The molecule has 2 aliphatic heterocycles. The van der Waals surface area contributed by atoms with Crippen LogP contribution < -0.4 is 19.6 Å². The summed E-state index contributed by atoms with van der Waals surface area (Å²) in [6.45, 7) is 3.68. The minimum atomic E-state index is -1.21. The molecule has 6 nitrogen and oxygen atoms in total. The third kappa shape index (κ3) is 3.09. The van der Waals surface area contributed by atoms with Crippen LogP contribution in [0.2, 0.25) is 0 Å². The van der Waals surface area contributed by atoms with Gasteiger partial charge in [-0.3, -0.25) is 14.2 Å². The number of ether oxygens (including phenoxy) is 2. The third-order valence-electron chi connectivity index (χ3n) is 5.57. The first-order chi connectivity index (χ1) is 14.9. The van der Waals surface area contributed by atoms with E-state index in [-0.39, 0.29) is 18.0 Å². The minimum Gasteiger partial charge on any atom is -0.466 e. The Balaban J connectivity index is 1.78. The standard InChI is InChI=1S/C23H19FN2O4S/c1-3-29-21(28)18-19-15-9-4-5-10-16(15)30-23(18,2)25-22-26(19)20(27)17(31-22)12-13-7-6-8-14(24)11-13/h4-12,18-19H,3H2,1-2H3. The van der Waals surface area contributed by atoms with Gasteiger partial charge >= 0.3 is 5.97 Å². The summed E-state index contributed by atoms with van der Waals surface area (Å²) in [6.07, 6.45) is 1.63. The molecule has 2 aromatic carbocycles. The molecule has 0 radical (unpaired) electrons. The van der Waals surface area contributed by atoms with Crippen LogP contribution in [0.4, 0.5) is 4.39 Å². The fraction of sp³-hybridized carbons (Fsp3) is 0.261. The lowest BCUT2D eigenvalue weighted by atomic mass is 9.81. The highest BCUT2D eigenvalue weighted by atomic mass is 32.1. The second-order valence-corrected chi connectivity index (χ2v) is 8.61. The first-order valence-electron chi connectivity index (χ1n) is 9.94. The molecule has 0 N–H and O–H groups in total. The number of benzene rings is 2. The Morgan fingerprint density at radius 2 is 2.13 bits per heavy atom. The zero-order valence-corrected chi connectivity index (χ0v) is 17.7. The number of hydrogen-bond donors (Lipinski definition) is 0. The van der Waals surface area contributed by atoms with Gasteiger partial charge in [-0.2, -0.15) is 0 Å². The van der Waals surface area contributed by atoms with Crippen LogP contribution in [-0.4, -0.2) is 22.9 Å². The predicted molar refractivity (Wildman–Crippen MR) is 113 cm³/mol. The van der Waals surface area contributed by atoms with Crippen molar-refractivity contribution in [3.8, 4) is 5.75 Å². The number of nitrogens with zero attached hydrogens (tertiary/aromatic N) is 2. The largest absolute Gasteiger partial charge is 0.466 e. The molecule has 1 aromatic heterocycles. The molecular weight excluding hydrogens is 419 g/mol. The van der Waals surface area contributed by atoms with Crippen LogP contribution >= 0.6 is 11.3 Å². The molecule has 3 unspecified atom stereocenters. The molecule has 3 heterocycles. The normalized spacial score (nSPS) is 23.9. The minimum absolute atomic E-state index is 0.212. The summed E-state index contributed by atoms with van der Waals surface area (Å²) in [4.78, 5) is 31.5. The SMILES string of the molecule is CCOC(=O)C1C2c3ccccc3OC1(C)N=c1sc(=Cc3cccc(F)c3)c(=O)n12. The smallest absolute Gasteiger partial charge is 0.317 e. The van der Waals surface area contributed by atoms with E-state index in [1.54, 1.807) is 42.7 Å². The van der Waals surface area contributed by atoms with E-state index >= 15 is 0 Å². The van der Waals surface area contributed by atoms with Gasteiger partial charge in [0.15, 0.2) is 4.80 Å². The second kappa shape index (κ2) is 7.16. The maximum absolute atomic E-state index is 13.6. The molecule has 31 heavy (non-hydrogen) atoms. The Morgan fingerprint density at radius 1 is 1.32 bits per heavy atom. The molecule has 0 amide bonds. The van der Waals surface area contributed by atoms with Gasteiger partial charge in [-0.1, -0.05) is 41.7 Å². The Kier molecular flexibility index (Phi) is 4.55. The summed E-state index contributed by atoms with van der Waals surface area (Å²) in [5.74, 6) is -1.08. The number of aromatic nitrogens is 1. The molecule has 0 fully saturated rings. The lowest BCUT2D eigenvalue weighted by Crippen LogP contribution is -2.58. The monoisotopic (exact) mass is 438 g/mol. The molecule has 8 heteroatoms. The molecule has 2 aliphatic rings. The first-order valence-corrected chi connectivity index (χ1v) is 10.8. The van der Waals surface area contributed by atoms with Gasteiger partial charge in [-0.15, -0.1) is 0 Å². The molecule has 3 atom stereocenters. The molecule has 0 spiro atoms. The zero-order valence-electron chi connectivity index (χ0n) is 16.9. The number of carbonyl (C=O) groups excluding carboxylic acids is 1. The average molecular weight is 438 g/mol. The zero-order chi connectivity index (χ0) is 21.8. The van der Waals surface area contributed by atoms with Crippen LogP contribution in [0.1, 0.15) is 31.0 Å². The van der Waals surface area contributed by atoms with E-state index in [0.717, 1.165) is 5.56 Å². The summed E-state index contributed by atoms with van der Waals surface area (Å²) in [7, 11) is 0. The van der Waals surface area contributed by atoms with Gasteiger partial charge in [0.1, 0.15) is 17.5 Å². The van der Waals surface area contributed by atoms with Crippen LogP contribution in [0.15, 0.2) is 58.3 Å². The average Bonchev–Trinajstić information content (AvgIpc) is 3.01. The number of thiazole rings is 1. The third-order valence-corrected chi connectivity index (χ3v) is 6.55. The fourth-order valence-electron chi connectivity index (χ4n) is 4.28. The van der Waals surface area contributed by atoms with Crippen LogP contribution in [0.25, 0.3) is 6.08 Å². The Labute approximate surface area is 180 Å². The maximum Gasteiger partial charge on any atom is 0.317 e. The van der Waals surface area contributed by atoms with Gasteiger partial charge in [0.2, 0.25) is 5.72 Å². The number of halogens is 1. The van der Waals surface area contributed by atoms with Crippen molar-refractivity contribution >= 4 is 23.4 Å². The van der Waals surface area contributed by atoms with E-state index in [2.05, 4.69) is 4.99 Å². The highest BCUT2D eigenvalue weighted by Gasteiger charge is 2.55. The Bertz CT molecular complexity index is 1380. The quantitative estimate of drug-likeness (QED) is 0.589. The van der Waals surface area contributed by atoms with Crippen molar-refractivity contribution < 1.29 is 18.7 Å². The van der Waals surface area contributed by atoms with E-state index in [1.807, 2.05) is 18.2 Å². The number of para-hydroxylation sites is 1. The second-order valence-electron chi connectivity index (χ2n) is 7.60. The van der Waals surface area contributed by atoms with Crippen molar-refractivity contribution in [3.05, 3.63) is 85.2 Å². The summed E-state index contributed by atoms with van der Waals surface area (Å²) in [6, 6.07) is 12.7. The molecule has 0 saturated heterocycles. The number of rotatable bonds is 3. The fourth-order valence-corrected chi connectivity index (χ4v) is 5.38. The van der Waals surface area contributed by atoms with Crippen LogP contribution in [-0.2, 0) is 9.53 Å². The van der Waals surface area contributed by atoms with E-state index < -0.39 is 23.7 Å². The Morgan fingerprint density at radius 3 is 2.90 bits per heavy atom. The summed E-state index contributed by atoms with van der Waals surface area (Å²) in [5.41, 5.74) is -0.194. The van der Waals surface area contributed by atoms with Crippen molar-refractivity contribution in [1.29, 1.82) is 0 Å². The van der Waals surface area contributed by atoms with Gasteiger partial charge in [0.05, 0.1) is 17.2 Å². The lowest BCUT2D eigenvalue weighted by Gasteiger charge is -2.44. The van der Waals surface area contributed by atoms with Crippen molar-refractivity contribution in [2.24, 2.45) is 10.9 Å². The molecule has 158 valence electrons. The number of carbonyl (C=O) groups is 1. The highest BCUT2D eigenvalue weighted by molar-refractivity contribution is 7.07. The van der Waals surface area contributed by atoms with Gasteiger partial charge < -0.3 is 9.47 Å². The van der Waals surface area contributed by atoms with Gasteiger partial charge in [-0.05, 0) is 43.7 Å².